The highest BCUT2D eigenvalue weighted by Gasteiger charge is 2.31. The number of fused-ring (bicyclic) bond motifs is 1. The van der Waals surface area contributed by atoms with Gasteiger partial charge < -0.3 is 19.3 Å². The smallest absolute Gasteiger partial charge is 0.356 e. The van der Waals surface area contributed by atoms with E-state index in [1.165, 1.54) is 17.0 Å². The lowest BCUT2D eigenvalue weighted by Crippen LogP contribution is -2.43. The molecule has 0 radical (unpaired) electrons. The molecular formula is C43H45ClFN7O3. The van der Waals surface area contributed by atoms with Crippen LogP contribution in [0.25, 0.3) is 28.0 Å². The van der Waals surface area contributed by atoms with Crippen molar-refractivity contribution in [2.45, 2.75) is 65.6 Å². The first-order chi connectivity index (χ1) is 26.6. The molecule has 0 aliphatic carbocycles. The summed E-state index contributed by atoms with van der Waals surface area (Å²) in [6.45, 7) is 9.96. The minimum absolute atomic E-state index is 0.124. The molecule has 3 aromatic carbocycles. The van der Waals surface area contributed by atoms with Crippen LogP contribution in [0.4, 0.5) is 16.0 Å². The first-order valence-corrected chi connectivity index (χ1v) is 18.9. The van der Waals surface area contributed by atoms with Crippen LogP contribution in [0.2, 0.25) is 5.02 Å². The molecule has 1 aliphatic rings. The van der Waals surface area contributed by atoms with Crippen molar-refractivity contribution < 1.29 is 13.9 Å². The zero-order chi connectivity index (χ0) is 38.8. The number of rotatable bonds is 11. The molecule has 1 saturated heterocycles. The van der Waals surface area contributed by atoms with Gasteiger partial charge in [-0.3, -0.25) is 0 Å². The van der Waals surface area contributed by atoms with E-state index in [1.54, 1.807) is 38.5 Å². The van der Waals surface area contributed by atoms with Crippen LogP contribution in [0.15, 0.2) is 90.0 Å². The highest BCUT2D eigenvalue weighted by molar-refractivity contribution is 6.33. The van der Waals surface area contributed by atoms with Gasteiger partial charge >= 0.3 is 5.69 Å². The first kappa shape index (κ1) is 37.8. The van der Waals surface area contributed by atoms with Crippen molar-refractivity contribution >= 4 is 34.3 Å². The Morgan fingerprint density at radius 3 is 2.13 bits per heavy atom. The number of pyridine rings is 1. The largest absolute Gasteiger partial charge is 0.497 e. The summed E-state index contributed by atoms with van der Waals surface area (Å²) in [6.07, 6.45) is 3.55. The lowest BCUT2D eigenvalue weighted by atomic mass is 9.95. The van der Waals surface area contributed by atoms with E-state index in [-0.39, 0.29) is 33.9 Å². The van der Waals surface area contributed by atoms with Crippen molar-refractivity contribution in [3.05, 3.63) is 123 Å². The molecule has 10 nitrogen and oxygen atoms in total. The number of nitrogens with zero attached hydrogens (tertiary/aromatic N) is 7. The number of benzene rings is 3. The summed E-state index contributed by atoms with van der Waals surface area (Å²) in [6, 6.07) is 24.0. The molecule has 3 aromatic heterocycles. The van der Waals surface area contributed by atoms with Crippen LogP contribution in [0.3, 0.4) is 0 Å². The third kappa shape index (κ3) is 7.71. The molecule has 7 rings (SSSR count). The monoisotopic (exact) mass is 761 g/mol. The zero-order valence-electron chi connectivity index (χ0n) is 32.0. The molecule has 2 atom stereocenters. The number of hydrogen-bond donors (Lipinski definition) is 0. The quantitative estimate of drug-likeness (QED) is 0.128. The maximum absolute atomic E-state index is 15.4. The van der Waals surface area contributed by atoms with E-state index >= 15 is 4.39 Å². The molecule has 55 heavy (non-hydrogen) atoms. The van der Waals surface area contributed by atoms with Gasteiger partial charge in [-0.1, -0.05) is 68.8 Å². The lowest BCUT2D eigenvalue weighted by Gasteiger charge is -2.38. The van der Waals surface area contributed by atoms with Crippen LogP contribution in [-0.2, 0) is 13.1 Å². The Bertz CT molecular complexity index is 2320. The summed E-state index contributed by atoms with van der Waals surface area (Å²) in [5, 5.41) is 0.824. The van der Waals surface area contributed by atoms with Crippen LogP contribution in [-0.4, -0.2) is 51.3 Å². The third-order valence-electron chi connectivity index (χ3n) is 10.3. The standard InChI is InChI=1S/C43H45ClFN7O3/c1-26(2)37-39(42(47-25-46-37)50(23-29-13-17-31(54-5)18-14-29)24-30-15-19-32(55-6)20-16-30)52-41-34(21-35(44)38(48-41)33-9-7-8-10-36(33)45)40(49-43(52)53)51-22-27(3)11-12-28(51)4/h7-10,13-21,25-28H,11-12,22-24H2,1-6H3/t27-,28-/m0/s1. The van der Waals surface area contributed by atoms with Gasteiger partial charge in [0.1, 0.15) is 35.1 Å². The van der Waals surface area contributed by atoms with Crippen molar-refractivity contribution in [1.82, 2.24) is 24.5 Å². The molecule has 4 heterocycles. The second kappa shape index (κ2) is 16.0. The SMILES string of the molecule is COc1ccc(CN(Cc2ccc(OC)cc2)c2ncnc(C(C)C)c2-n2c(=O)nc(N3C[C@@H](C)CC[C@@H]3C)c3cc(Cl)c(-c4ccccc4F)nc32)cc1. The molecule has 1 aliphatic heterocycles. The van der Waals surface area contributed by atoms with Gasteiger partial charge in [0.15, 0.2) is 11.5 Å². The predicted octanol–water partition coefficient (Wildman–Crippen LogP) is 9.00. The number of aromatic nitrogens is 5. The number of anilines is 2. The van der Waals surface area contributed by atoms with Gasteiger partial charge in [0.25, 0.3) is 0 Å². The Kier molecular flexibility index (Phi) is 11.0. The summed E-state index contributed by atoms with van der Waals surface area (Å²) in [5.74, 6) is 2.27. The van der Waals surface area contributed by atoms with Crippen LogP contribution in [0, 0.1) is 11.7 Å². The minimum Gasteiger partial charge on any atom is -0.497 e. The van der Waals surface area contributed by atoms with E-state index in [1.807, 2.05) is 62.4 Å². The van der Waals surface area contributed by atoms with E-state index in [0.29, 0.717) is 54.0 Å². The maximum atomic E-state index is 15.4. The van der Waals surface area contributed by atoms with Gasteiger partial charge in [0.2, 0.25) is 0 Å². The number of piperidine rings is 1. The first-order valence-electron chi connectivity index (χ1n) is 18.6. The van der Waals surface area contributed by atoms with Crippen LogP contribution < -0.4 is 25.0 Å². The van der Waals surface area contributed by atoms with Crippen LogP contribution >= 0.6 is 11.6 Å². The van der Waals surface area contributed by atoms with E-state index in [0.717, 1.165) is 35.5 Å². The average Bonchev–Trinajstić information content (AvgIpc) is 3.19. The molecule has 0 unspecified atom stereocenters. The van der Waals surface area contributed by atoms with Gasteiger partial charge in [-0.2, -0.15) is 4.98 Å². The van der Waals surface area contributed by atoms with Gasteiger partial charge in [-0.25, -0.2) is 28.7 Å². The third-order valence-corrected chi connectivity index (χ3v) is 10.6. The number of ether oxygens (including phenoxy) is 2. The molecule has 0 spiro atoms. The number of halogens is 2. The van der Waals surface area contributed by atoms with E-state index in [9.17, 15) is 4.79 Å². The summed E-state index contributed by atoms with van der Waals surface area (Å²) in [7, 11) is 3.27. The van der Waals surface area contributed by atoms with Gasteiger partial charge in [0.05, 0.1) is 36.0 Å². The van der Waals surface area contributed by atoms with Gasteiger partial charge in [-0.05, 0) is 85.2 Å². The van der Waals surface area contributed by atoms with Crippen LogP contribution in [0.1, 0.15) is 63.3 Å². The molecule has 6 aromatic rings. The molecule has 1 fully saturated rings. The van der Waals surface area contributed by atoms with Crippen molar-refractivity contribution in [3.63, 3.8) is 0 Å². The molecule has 0 amide bonds. The summed E-state index contributed by atoms with van der Waals surface area (Å²) >= 11 is 7.00. The highest BCUT2D eigenvalue weighted by Crippen LogP contribution is 2.39. The highest BCUT2D eigenvalue weighted by atomic mass is 35.5. The van der Waals surface area contributed by atoms with Crippen molar-refractivity contribution in [3.8, 4) is 28.4 Å². The molecule has 0 N–H and O–H groups in total. The molecule has 0 bridgehead atoms. The Morgan fingerprint density at radius 1 is 0.891 bits per heavy atom. The van der Waals surface area contributed by atoms with Crippen molar-refractivity contribution in [2.24, 2.45) is 5.92 Å². The summed E-state index contributed by atoms with van der Waals surface area (Å²) in [5.41, 5.74) is 3.25. The topological polar surface area (TPSA) is 98.5 Å². The summed E-state index contributed by atoms with van der Waals surface area (Å²) < 4.78 is 27.8. The van der Waals surface area contributed by atoms with Crippen molar-refractivity contribution in [2.75, 3.05) is 30.6 Å². The Labute approximate surface area is 325 Å². The second-order valence-corrected chi connectivity index (χ2v) is 15.0. The van der Waals surface area contributed by atoms with Crippen molar-refractivity contribution in [1.29, 1.82) is 0 Å². The second-order valence-electron chi connectivity index (χ2n) is 14.5. The molecule has 12 heteroatoms. The average molecular weight is 762 g/mol. The Morgan fingerprint density at radius 2 is 1.53 bits per heavy atom. The Balaban J connectivity index is 1.52. The maximum Gasteiger partial charge on any atom is 0.356 e. The van der Waals surface area contributed by atoms with E-state index < -0.39 is 11.5 Å². The van der Waals surface area contributed by atoms with Gasteiger partial charge in [-0.15, -0.1) is 0 Å². The number of methoxy groups -OCH3 is 2. The molecule has 284 valence electrons. The van der Waals surface area contributed by atoms with Gasteiger partial charge in [0, 0.05) is 31.2 Å². The molecule has 0 saturated carbocycles. The minimum atomic E-state index is -0.547. The summed E-state index contributed by atoms with van der Waals surface area (Å²) in [4.78, 5) is 38.7. The molecular weight excluding hydrogens is 717 g/mol. The predicted molar refractivity (Wildman–Crippen MR) is 216 cm³/mol. The van der Waals surface area contributed by atoms with Crippen LogP contribution in [0.5, 0.6) is 11.5 Å². The number of hydrogen-bond acceptors (Lipinski definition) is 9. The van der Waals surface area contributed by atoms with E-state index in [2.05, 4.69) is 23.6 Å². The normalized spacial score (nSPS) is 15.8. The fourth-order valence-electron chi connectivity index (χ4n) is 7.31. The zero-order valence-corrected chi connectivity index (χ0v) is 32.7. The Hall–Kier alpha value is -5.55. The fourth-order valence-corrected chi connectivity index (χ4v) is 7.56. The van der Waals surface area contributed by atoms with E-state index in [4.69, 9.17) is 41.0 Å². The lowest BCUT2D eigenvalue weighted by molar-refractivity contribution is 0.388. The fraction of sp³-hybridized carbons (Fsp3) is 0.326.